The molecule has 1 heterocycles. The highest BCUT2D eigenvalue weighted by Crippen LogP contribution is 2.24. The van der Waals surface area contributed by atoms with Crippen molar-refractivity contribution in [3.63, 3.8) is 0 Å². The van der Waals surface area contributed by atoms with Gasteiger partial charge >= 0.3 is 0 Å². The van der Waals surface area contributed by atoms with Crippen molar-refractivity contribution in [1.82, 2.24) is 5.32 Å². The molecule has 4 heteroatoms. The van der Waals surface area contributed by atoms with Crippen LogP contribution in [0, 0.1) is 0 Å². The monoisotopic (exact) mass is 237 g/mol. The van der Waals surface area contributed by atoms with Gasteiger partial charge in [-0.05, 0) is 31.9 Å². The molecule has 1 aromatic carbocycles. The van der Waals surface area contributed by atoms with Crippen molar-refractivity contribution < 1.29 is 8.42 Å². The van der Waals surface area contributed by atoms with Crippen molar-refractivity contribution in [3.05, 3.63) is 40.9 Å². The fourth-order valence-electron chi connectivity index (χ4n) is 1.83. The number of benzene rings is 1. The van der Waals surface area contributed by atoms with Crippen molar-refractivity contribution >= 4 is 9.84 Å². The largest absolute Gasteiger partial charge is 0.388 e. The molecule has 1 aliphatic rings. The van der Waals surface area contributed by atoms with Gasteiger partial charge in [0.15, 0.2) is 0 Å². The van der Waals surface area contributed by atoms with Crippen LogP contribution < -0.4 is 5.32 Å². The molecule has 1 fully saturated rings. The second-order valence-corrected chi connectivity index (χ2v) is 5.97. The van der Waals surface area contributed by atoms with Crippen LogP contribution in [0.15, 0.2) is 45.8 Å². The van der Waals surface area contributed by atoms with E-state index in [0.717, 1.165) is 25.1 Å². The zero-order valence-electron chi connectivity index (χ0n) is 9.23. The molecule has 0 unspecified atom stereocenters. The minimum atomic E-state index is -3.31. The van der Waals surface area contributed by atoms with Crippen LogP contribution in [0.4, 0.5) is 0 Å². The van der Waals surface area contributed by atoms with E-state index in [-0.39, 0.29) is 0 Å². The molecule has 3 nitrogen and oxygen atoms in total. The van der Waals surface area contributed by atoms with E-state index in [0.29, 0.717) is 9.80 Å². The molecule has 0 saturated carbocycles. The number of sulfone groups is 1. The average molecular weight is 237 g/mol. The Bertz CT molecular complexity index is 495. The second-order valence-electron chi connectivity index (χ2n) is 3.88. The van der Waals surface area contributed by atoms with Crippen molar-refractivity contribution in [2.24, 2.45) is 0 Å². The van der Waals surface area contributed by atoms with Crippen molar-refractivity contribution in [3.8, 4) is 0 Å². The summed E-state index contributed by atoms with van der Waals surface area (Å²) in [5.41, 5.74) is 0.865. The quantitative estimate of drug-likeness (QED) is 0.856. The Balaban J connectivity index is 2.44. The Morgan fingerprint density at radius 2 is 1.94 bits per heavy atom. The summed E-state index contributed by atoms with van der Waals surface area (Å²) in [7, 11) is -3.31. The van der Waals surface area contributed by atoms with Crippen LogP contribution in [0.1, 0.15) is 19.8 Å². The summed E-state index contributed by atoms with van der Waals surface area (Å²) in [6.45, 7) is 2.55. The standard InChI is InChI=1S/C12H15NO2S/c1-10(12-8-5-9-13-12)16(14,15)11-6-3-2-4-7-11/h2-4,6-7,13H,5,8-9H2,1H3/b12-10+. The summed E-state index contributed by atoms with van der Waals surface area (Å²) >= 11 is 0. The highest BCUT2D eigenvalue weighted by atomic mass is 32.2. The summed E-state index contributed by atoms with van der Waals surface area (Å²) in [6.07, 6.45) is 1.84. The number of nitrogens with one attached hydrogen (secondary N) is 1. The summed E-state index contributed by atoms with van der Waals surface area (Å²) < 4.78 is 24.4. The normalized spacial score (nSPS) is 19.3. The Kier molecular flexibility index (Phi) is 3.01. The molecule has 0 amide bonds. The fourth-order valence-corrected chi connectivity index (χ4v) is 3.20. The molecule has 1 aliphatic heterocycles. The van der Waals surface area contributed by atoms with Crippen LogP contribution in [0.5, 0.6) is 0 Å². The molecule has 0 aliphatic carbocycles. The van der Waals surface area contributed by atoms with E-state index in [1.807, 2.05) is 6.07 Å². The van der Waals surface area contributed by atoms with Crippen LogP contribution in [-0.2, 0) is 9.84 Å². The first-order valence-electron chi connectivity index (χ1n) is 5.36. The summed E-state index contributed by atoms with van der Waals surface area (Å²) in [5, 5.41) is 3.13. The fraction of sp³-hybridized carbons (Fsp3) is 0.333. The molecule has 1 N–H and O–H groups in total. The van der Waals surface area contributed by atoms with Crippen molar-refractivity contribution in [1.29, 1.82) is 0 Å². The Morgan fingerprint density at radius 1 is 1.25 bits per heavy atom. The number of hydrogen-bond donors (Lipinski definition) is 1. The molecular weight excluding hydrogens is 222 g/mol. The van der Waals surface area contributed by atoms with E-state index in [1.165, 1.54) is 0 Å². The van der Waals surface area contributed by atoms with E-state index in [9.17, 15) is 8.42 Å². The molecule has 0 bridgehead atoms. The first kappa shape index (κ1) is 11.2. The van der Waals surface area contributed by atoms with Gasteiger partial charge in [-0.3, -0.25) is 0 Å². The minimum Gasteiger partial charge on any atom is -0.388 e. The predicted molar refractivity (Wildman–Crippen MR) is 63.6 cm³/mol. The van der Waals surface area contributed by atoms with Crippen LogP contribution in [0.3, 0.4) is 0 Å². The molecule has 0 atom stereocenters. The molecule has 0 aromatic heterocycles. The van der Waals surface area contributed by atoms with Gasteiger partial charge in [-0.1, -0.05) is 18.2 Å². The smallest absolute Gasteiger partial charge is 0.204 e. The SMILES string of the molecule is C/C(=C1/CCCN1)S(=O)(=O)c1ccccc1. The zero-order chi connectivity index (χ0) is 11.6. The Labute approximate surface area is 96.1 Å². The third kappa shape index (κ3) is 1.97. The number of rotatable bonds is 2. The predicted octanol–water partition coefficient (Wildman–Crippen LogP) is 2.08. The van der Waals surface area contributed by atoms with Gasteiger partial charge in [0, 0.05) is 12.2 Å². The lowest BCUT2D eigenvalue weighted by atomic mass is 10.3. The van der Waals surface area contributed by atoms with E-state index in [4.69, 9.17) is 0 Å². The summed E-state index contributed by atoms with van der Waals surface area (Å²) in [4.78, 5) is 0.824. The van der Waals surface area contributed by atoms with Gasteiger partial charge < -0.3 is 5.32 Å². The van der Waals surface area contributed by atoms with E-state index < -0.39 is 9.84 Å². The van der Waals surface area contributed by atoms with Crippen LogP contribution in [0.25, 0.3) is 0 Å². The Morgan fingerprint density at radius 3 is 2.50 bits per heavy atom. The van der Waals surface area contributed by atoms with Gasteiger partial charge in [0.05, 0.1) is 9.80 Å². The van der Waals surface area contributed by atoms with E-state index in [2.05, 4.69) is 5.32 Å². The molecule has 0 radical (unpaired) electrons. The van der Waals surface area contributed by atoms with Gasteiger partial charge in [0.25, 0.3) is 0 Å². The maximum absolute atomic E-state index is 12.2. The molecular formula is C12H15NO2S. The van der Waals surface area contributed by atoms with Crippen LogP contribution >= 0.6 is 0 Å². The summed E-state index contributed by atoms with van der Waals surface area (Å²) in [6, 6.07) is 8.57. The van der Waals surface area contributed by atoms with Gasteiger partial charge in [0.1, 0.15) is 0 Å². The van der Waals surface area contributed by atoms with Crippen molar-refractivity contribution in [2.75, 3.05) is 6.54 Å². The highest BCUT2D eigenvalue weighted by molar-refractivity contribution is 7.95. The topological polar surface area (TPSA) is 46.2 Å². The molecule has 86 valence electrons. The molecule has 16 heavy (non-hydrogen) atoms. The maximum atomic E-state index is 12.2. The van der Waals surface area contributed by atoms with Gasteiger partial charge in [-0.25, -0.2) is 8.42 Å². The average Bonchev–Trinajstić information content (AvgIpc) is 2.82. The minimum absolute atomic E-state index is 0.369. The van der Waals surface area contributed by atoms with Gasteiger partial charge in [-0.15, -0.1) is 0 Å². The van der Waals surface area contributed by atoms with Crippen molar-refractivity contribution in [2.45, 2.75) is 24.7 Å². The van der Waals surface area contributed by atoms with Crippen LogP contribution in [0.2, 0.25) is 0 Å². The maximum Gasteiger partial charge on any atom is 0.204 e. The lowest BCUT2D eigenvalue weighted by Gasteiger charge is -2.08. The highest BCUT2D eigenvalue weighted by Gasteiger charge is 2.21. The first-order valence-corrected chi connectivity index (χ1v) is 6.84. The third-order valence-corrected chi connectivity index (χ3v) is 4.77. The molecule has 1 aromatic rings. The van der Waals surface area contributed by atoms with E-state index in [1.54, 1.807) is 31.2 Å². The van der Waals surface area contributed by atoms with Gasteiger partial charge in [-0.2, -0.15) is 0 Å². The zero-order valence-corrected chi connectivity index (χ0v) is 10.0. The van der Waals surface area contributed by atoms with Crippen LogP contribution in [-0.4, -0.2) is 15.0 Å². The summed E-state index contributed by atoms with van der Waals surface area (Å²) in [5.74, 6) is 0. The number of hydrogen-bond acceptors (Lipinski definition) is 3. The molecule has 1 saturated heterocycles. The molecule has 2 rings (SSSR count). The lowest BCUT2D eigenvalue weighted by molar-refractivity contribution is 0.601. The van der Waals surface area contributed by atoms with Gasteiger partial charge in [0.2, 0.25) is 9.84 Å². The van der Waals surface area contributed by atoms with E-state index >= 15 is 0 Å². The second kappa shape index (κ2) is 4.29. The molecule has 0 spiro atoms. The lowest BCUT2D eigenvalue weighted by Crippen LogP contribution is -2.11. The third-order valence-electron chi connectivity index (χ3n) is 2.82. The number of allylic oxidation sites excluding steroid dienone is 2. The Hall–Kier alpha value is -1.29. The first-order chi connectivity index (χ1) is 7.62.